The Hall–Kier alpha value is -3.38. The molecule has 0 saturated carbocycles. The number of hydrogen-bond donors (Lipinski definition) is 0. The molecule has 0 N–H and O–H groups in total. The summed E-state index contributed by atoms with van der Waals surface area (Å²) in [6.45, 7) is 7.55. The monoisotopic (exact) mass is 527 g/mol. The van der Waals surface area contributed by atoms with E-state index >= 15 is 0 Å². The van der Waals surface area contributed by atoms with Crippen molar-refractivity contribution >= 4 is 30.6 Å². The topological polar surface area (TPSA) is 52.9 Å². The largest absolute Gasteiger partial charge is 0.497 e. The fourth-order valence-electron chi connectivity index (χ4n) is 5.88. The summed E-state index contributed by atoms with van der Waals surface area (Å²) in [6.07, 6.45) is 2.07. The van der Waals surface area contributed by atoms with Gasteiger partial charge in [0.15, 0.2) is 7.36 Å². The molecule has 196 valence electrons. The third kappa shape index (κ3) is 3.89. The number of hydrazone groups is 1. The molecule has 0 unspecified atom stereocenters. The summed E-state index contributed by atoms with van der Waals surface area (Å²) in [5, 5.41) is 6.31. The normalized spacial score (nSPS) is 24.5. The number of ether oxygens (including phenoxy) is 2. The number of methoxy groups -OCH3 is 1. The van der Waals surface area contributed by atoms with Gasteiger partial charge in [-0.2, -0.15) is 5.10 Å². The van der Waals surface area contributed by atoms with Crippen LogP contribution in [0.3, 0.4) is 0 Å². The lowest BCUT2D eigenvalue weighted by atomic mass is 9.84. The Morgan fingerprint density at radius 1 is 0.921 bits per heavy atom. The predicted molar refractivity (Wildman–Crippen MR) is 157 cm³/mol. The maximum atomic E-state index is 5.83. The van der Waals surface area contributed by atoms with E-state index in [1.165, 1.54) is 22.3 Å². The van der Waals surface area contributed by atoms with E-state index in [2.05, 4.69) is 90.0 Å². The van der Waals surface area contributed by atoms with Gasteiger partial charge in [0.05, 0.1) is 43.2 Å². The minimum Gasteiger partial charge on any atom is -0.497 e. The number of fused-ring (bicyclic) bond motifs is 1. The molecule has 8 heteroatoms. The molecule has 1 atom stereocenters. The number of likely N-dealkylation sites (N-methyl/N-ethyl adjacent to an activating group) is 1. The van der Waals surface area contributed by atoms with E-state index in [4.69, 9.17) is 19.3 Å². The number of allylic oxidation sites excluding steroid dienone is 2. The van der Waals surface area contributed by atoms with Crippen molar-refractivity contribution in [3.05, 3.63) is 95.4 Å². The lowest BCUT2D eigenvalue weighted by molar-refractivity contribution is 0.0743. The number of hydrogen-bond acceptors (Lipinski definition) is 5. The lowest BCUT2D eigenvalue weighted by Crippen LogP contribution is -2.38. The molecular formula is C30H34N5O2P. The van der Waals surface area contributed by atoms with Gasteiger partial charge < -0.3 is 14.4 Å². The third-order valence-corrected chi connectivity index (χ3v) is 11.2. The molecular weight excluding hydrogens is 493 g/mol. The second kappa shape index (κ2) is 9.73. The van der Waals surface area contributed by atoms with E-state index in [-0.39, 0.29) is 5.41 Å². The molecule has 0 bridgehead atoms. The van der Waals surface area contributed by atoms with E-state index in [9.17, 15) is 0 Å². The average Bonchev–Trinajstić information content (AvgIpc) is 3.42. The molecule has 3 aromatic carbocycles. The fraction of sp³-hybridized carbons (Fsp3) is 0.300. The van der Waals surface area contributed by atoms with Crippen molar-refractivity contribution in [2.24, 2.45) is 9.85 Å². The Morgan fingerprint density at radius 2 is 1.61 bits per heavy atom. The zero-order valence-corrected chi connectivity index (χ0v) is 23.3. The Kier molecular flexibility index (Phi) is 6.39. The molecule has 0 radical (unpaired) electrons. The molecule has 38 heavy (non-hydrogen) atoms. The van der Waals surface area contributed by atoms with Crippen LogP contribution in [0, 0.1) is 0 Å². The lowest BCUT2D eigenvalue weighted by Gasteiger charge is -2.42. The highest BCUT2D eigenvalue weighted by Gasteiger charge is 2.49. The zero-order valence-electron chi connectivity index (χ0n) is 22.4. The van der Waals surface area contributed by atoms with Crippen LogP contribution in [0.25, 0.3) is 0 Å². The Morgan fingerprint density at radius 3 is 2.29 bits per heavy atom. The number of benzene rings is 3. The first-order chi connectivity index (χ1) is 18.5. The third-order valence-electron chi connectivity index (χ3n) is 7.68. The van der Waals surface area contributed by atoms with E-state index in [0.717, 1.165) is 30.2 Å². The number of nitrogens with zero attached hydrogens (tertiary/aromatic N) is 5. The summed E-state index contributed by atoms with van der Waals surface area (Å²) in [4.78, 5) is 2.35. The van der Waals surface area contributed by atoms with E-state index in [1.54, 1.807) is 7.11 Å². The van der Waals surface area contributed by atoms with Gasteiger partial charge in [0.1, 0.15) is 5.75 Å². The van der Waals surface area contributed by atoms with Gasteiger partial charge in [-0.15, -0.1) is 0 Å². The van der Waals surface area contributed by atoms with Crippen LogP contribution in [0.4, 0.5) is 17.1 Å². The molecule has 0 aromatic heterocycles. The summed E-state index contributed by atoms with van der Waals surface area (Å²) in [7, 11) is 1.25. The van der Waals surface area contributed by atoms with E-state index in [1.807, 2.05) is 30.3 Å². The molecule has 3 aliphatic heterocycles. The highest BCUT2D eigenvalue weighted by Crippen LogP contribution is 2.70. The molecule has 1 fully saturated rings. The standard InChI is InChI=1S/C30H34N5O2P/c1-30(2)26-12-8-9-13-27(26)33(3)29(30)28-22-31-35(24-10-6-5-7-11-24)38(28,34-18-20-37-21-19-34)32-23-14-16-25(36-4)17-15-23/h5-17,22H,18-21H2,1-4H3/b29-28+/t38-/m1/s1. The SMILES string of the molecule is COc1ccc(N=[P@@]2(N3CCOCC3)/C(=C3/N(C)c4ccccc4C3(C)C)C=NN2c2ccccc2)cc1. The first-order valence-corrected chi connectivity index (χ1v) is 14.7. The average molecular weight is 528 g/mol. The van der Waals surface area contributed by atoms with Gasteiger partial charge in [0.2, 0.25) is 0 Å². The van der Waals surface area contributed by atoms with Crippen molar-refractivity contribution in [1.82, 2.24) is 4.67 Å². The van der Waals surface area contributed by atoms with Gasteiger partial charge in [0.25, 0.3) is 0 Å². The van der Waals surface area contributed by atoms with Gasteiger partial charge in [-0.25, -0.2) is 14.2 Å². The van der Waals surface area contributed by atoms with Gasteiger partial charge in [0, 0.05) is 36.9 Å². The maximum Gasteiger partial charge on any atom is 0.180 e. The highest BCUT2D eigenvalue weighted by molar-refractivity contribution is 7.71. The maximum absolute atomic E-state index is 5.83. The van der Waals surface area contributed by atoms with Crippen LogP contribution in [0.5, 0.6) is 5.75 Å². The van der Waals surface area contributed by atoms with Crippen molar-refractivity contribution < 1.29 is 9.47 Å². The number of morpholine rings is 1. The van der Waals surface area contributed by atoms with Crippen molar-refractivity contribution in [3.8, 4) is 5.75 Å². The second-order valence-corrected chi connectivity index (χ2v) is 13.0. The first-order valence-electron chi connectivity index (χ1n) is 13.0. The van der Waals surface area contributed by atoms with Crippen LogP contribution < -0.4 is 14.4 Å². The number of para-hydroxylation sites is 2. The summed E-state index contributed by atoms with van der Waals surface area (Å²) in [5.74, 6) is 0.816. The van der Waals surface area contributed by atoms with Crippen LogP contribution in [-0.4, -0.2) is 51.3 Å². The van der Waals surface area contributed by atoms with Crippen LogP contribution in [0.2, 0.25) is 0 Å². The second-order valence-electron chi connectivity index (χ2n) is 10.2. The minimum absolute atomic E-state index is 0.216. The van der Waals surface area contributed by atoms with Crippen molar-refractivity contribution in [2.45, 2.75) is 19.3 Å². The molecule has 0 aliphatic carbocycles. The predicted octanol–water partition coefficient (Wildman–Crippen LogP) is 6.84. The van der Waals surface area contributed by atoms with Crippen molar-refractivity contribution in [2.75, 3.05) is 50.1 Å². The highest BCUT2D eigenvalue weighted by atomic mass is 31.2. The molecule has 7 nitrogen and oxygen atoms in total. The Balaban J connectivity index is 1.67. The van der Waals surface area contributed by atoms with Crippen molar-refractivity contribution in [1.29, 1.82) is 0 Å². The summed E-state index contributed by atoms with van der Waals surface area (Å²) in [6, 6.07) is 27.2. The molecule has 6 rings (SSSR count). The van der Waals surface area contributed by atoms with Gasteiger partial charge >= 0.3 is 0 Å². The first kappa shape index (κ1) is 24.9. The Labute approximate surface area is 225 Å². The minimum atomic E-state index is -2.62. The van der Waals surface area contributed by atoms with Gasteiger partial charge in [-0.1, -0.05) is 50.2 Å². The Bertz CT molecular complexity index is 1440. The summed E-state index contributed by atoms with van der Waals surface area (Å²) >= 11 is 0. The van der Waals surface area contributed by atoms with Crippen LogP contribution >= 0.6 is 7.36 Å². The van der Waals surface area contributed by atoms with Gasteiger partial charge in [-0.05, 0) is 48.0 Å². The molecule has 3 aliphatic rings. The smallest absolute Gasteiger partial charge is 0.180 e. The van der Waals surface area contributed by atoms with Crippen LogP contribution in [0.1, 0.15) is 19.4 Å². The molecule has 0 spiro atoms. The molecule has 0 amide bonds. The number of rotatable bonds is 4. The van der Waals surface area contributed by atoms with Crippen LogP contribution in [0.15, 0.2) is 99.7 Å². The number of anilines is 2. The fourth-order valence-corrected chi connectivity index (χ4v) is 9.70. The van der Waals surface area contributed by atoms with E-state index < -0.39 is 7.36 Å². The van der Waals surface area contributed by atoms with Crippen molar-refractivity contribution in [3.63, 3.8) is 0 Å². The van der Waals surface area contributed by atoms with Gasteiger partial charge in [-0.3, -0.25) is 0 Å². The molecule has 1 saturated heterocycles. The van der Waals surface area contributed by atoms with Crippen LogP contribution in [-0.2, 0) is 10.2 Å². The van der Waals surface area contributed by atoms with E-state index in [0.29, 0.717) is 13.2 Å². The summed E-state index contributed by atoms with van der Waals surface area (Å²) in [5.41, 5.74) is 5.53. The quantitative estimate of drug-likeness (QED) is 0.348. The molecule has 3 heterocycles. The zero-order chi connectivity index (χ0) is 26.3. The summed E-state index contributed by atoms with van der Waals surface area (Å²) < 4.78 is 21.7. The molecule has 3 aromatic rings.